The molecule has 2 aliphatic carbocycles. The Hall–Kier alpha value is -1.68. The highest BCUT2D eigenvalue weighted by Gasteiger charge is 2.29. The van der Waals surface area contributed by atoms with Gasteiger partial charge >= 0.3 is 0 Å². The van der Waals surface area contributed by atoms with E-state index in [4.69, 9.17) is 9.97 Å². The number of rotatable bonds is 0. The highest BCUT2D eigenvalue weighted by Crippen LogP contribution is 2.33. The van der Waals surface area contributed by atoms with Crippen LogP contribution in [-0.2, 0) is 19.4 Å². The van der Waals surface area contributed by atoms with E-state index in [-0.39, 0.29) is 0 Å². The van der Waals surface area contributed by atoms with Crippen molar-refractivity contribution in [1.29, 1.82) is 0 Å². The van der Waals surface area contributed by atoms with Crippen LogP contribution in [0.25, 0.3) is 0 Å². The first-order chi connectivity index (χ1) is 8.90. The number of allylic oxidation sites excluding steroid dienone is 4. The van der Waals surface area contributed by atoms with Crippen molar-refractivity contribution in [1.82, 2.24) is 15.3 Å². The van der Waals surface area contributed by atoms with Gasteiger partial charge in [-0.15, -0.1) is 0 Å². The maximum Gasteiger partial charge on any atom is 0.150 e. The van der Waals surface area contributed by atoms with Crippen LogP contribution in [-0.4, -0.2) is 16.6 Å². The summed E-state index contributed by atoms with van der Waals surface area (Å²) in [5.74, 6) is 2.19. The fraction of sp³-hybridized carbons (Fsp3) is 0.429. The van der Waals surface area contributed by atoms with Gasteiger partial charge in [-0.3, -0.25) is 10.3 Å². The number of hydrogen-bond donors (Lipinski definition) is 2. The lowest BCUT2D eigenvalue weighted by Crippen LogP contribution is -2.32. The first kappa shape index (κ1) is 10.3. The number of anilines is 1. The molecule has 1 aromatic rings. The molecule has 0 amide bonds. The molecule has 1 aromatic heterocycles. The minimum atomic E-state index is 0.608. The average Bonchev–Trinajstić information content (AvgIpc) is 2.42. The van der Waals surface area contributed by atoms with Crippen molar-refractivity contribution in [2.45, 2.75) is 19.4 Å². The molecule has 0 spiro atoms. The molecule has 1 aliphatic heterocycles. The van der Waals surface area contributed by atoms with Gasteiger partial charge < -0.3 is 5.32 Å². The lowest BCUT2D eigenvalue weighted by Gasteiger charge is -2.31. The molecule has 2 unspecified atom stereocenters. The second kappa shape index (κ2) is 3.92. The van der Waals surface area contributed by atoms with Crippen molar-refractivity contribution < 1.29 is 0 Å². The van der Waals surface area contributed by atoms with Crippen LogP contribution in [0, 0.1) is 11.8 Å². The van der Waals surface area contributed by atoms with Crippen LogP contribution < -0.4 is 10.6 Å². The zero-order chi connectivity index (χ0) is 11.9. The second-order valence-corrected chi connectivity index (χ2v) is 5.20. The molecule has 18 heavy (non-hydrogen) atoms. The van der Waals surface area contributed by atoms with Gasteiger partial charge in [0, 0.05) is 6.54 Å². The molecule has 2 heterocycles. The van der Waals surface area contributed by atoms with Gasteiger partial charge in [-0.25, -0.2) is 4.98 Å². The van der Waals surface area contributed by atoms with E-state index in [1.54, 1.807) is 0 Å². The Kier molecular flexibility index (Phi) is 2.23. The van der Waals surface area contributed by atoms with Crippen molar-refractivity contribution in [3.63, 3.8) is 0 Å². The third-order valence-corrected chi connectivity index (χ3v) is 4.03. The number of nitrogens with zero attached hydrogens (tertiary/aromatic N) is 2. The average molecular weight is 240 g/mol. The molecule has 0 fully saturated rings. The lowest BCUT2D eigenvalue weighted by atomic mass is 9.77. The molecule has 0 radical (unpaired) electrons. The summed E-state index contributed by atoms with van der Waals surface area (Å²) in [4.78, 5) is 9.57. The molecule has 2 atom stereocenters. The van der Waals surface area contributed by atoms with Crippen molar-refractivity contribution in [2.75, 3.05) is 12.0 Å². The lowest BCUT2D eigenvalue weighted by molar-refractivity contribution is 0.422. The van der Waals surface area contributed by atoms with Crippen LogP contribution in [0.2, 0.25) is 0 Å². The summed E-state index contributed by atoms with van der Waals surface area (Å²) >= 11 is 0. The van der Waals surface area contributed by atoms with Gasteiger partial charge in [0.2, 0.25) is 0 Å². The molecule has 3 aliphatic rings. The van der Waals surface area contributed by atoms with Crippen molar-refractivity contribution in [3.05, 3.63) is 41.4 Å². The van der Waals surface area contributed by atoms with E-state index in [0.29, 0.717) is 11.8 Å². The molecule has 0 aromatic carbocycles. The van der Waals surface area contributed by atoms with Crippen molar-refractivity contribution in [2.24, 2.45) is 11.8 Å². The first-order valence-corrected chi connectivity index (χ1v) is 6.58. The zero-order valence-electron chi connectivity index (χ0n) is 10.2. The van der Waals surface area contributed by atoms with Crippen LogP contribution in [0.3, 0.4) is 0 Å². The fourth-order valence-electron chi connectivity index (χ4n) is 3.05. The minimum absolute atomic E-state index is 0.608. The SMILES string of the molecule is C1=CC2Cc3nc4c(nc3CC2C=C1)NCNC4. The van der Waals surface area contributed by atoms with Crippen LogP contribution in [0.4, 0.5) is 5.82 Å². The van der Waals surface area contributed by atoms with Gasteiger partial charge in [-0.2, -0.15) is 0 Å². The molecule has 4 rings (SSSR count). The predicted octanol–water partition coefficient (Wildman–Crippen LogP) is 1.41. The van der Waals surface area contributed by atoms with Crippen LogP contribution in [0.1, 0.15) is 17.1 Å². The maximum atomic E-state index is 4.80. The second-order valence-electron chi connectivity index (χ2n) is 5.20. The number of aromatic nitrogens is 2. The topological polar surface area (TPSA) is 49.8 Å². The molecule has 4 heteroatoms. The zero-order valence-corrected chi connectivity index (χ0v) is 10.2. The summed E-state index contributed by atoms with van der Waals surface area (Å²) < 4.78 is 0. The standard InChI is InChI=1S/C14H16N4/c1-2-4-10-6-12-11(5-9(10)3-1)17-13-7-15-8-16-14(13)18-12/h1-4,9-10,15H,5-8H2,(H,16,18). The van der Waals surface area contributed by atoms with E-state index in [1.165, 1.54) is 11.4 Å². The quantitative estimate of drug-likeness (QED) is 0.720. The molecule has 4 nitrogen and oxygen atoms in total. The molecule has 92 valence electrons. The molecule has 0 saturated heterocycles. The van der Waals surface area contributed by atoms with E-state index in [9.17, 15) is 0 Å². The van der Waals surface area contributed by atoms with E-state index >= 15 is 0 Å². The normalized spacial score (nSPS) is 28.0. The van der Waals surface area contributed by atoms with Gasteiger partial charge in [-0.05, 0) is 24.7 Å². The van der Waals surface area contributed by atoms with Crippen LogP contribution in [0.15, 0.2) is 24.3 Å². The summed E-state index contributed by atoms with van der Waals surface area (Å²) in [6.45, 7) is 1.61. The van der Waals surface area contributed by atoms with Gasteiger partial charge in [0.1, 0.15) is 5.82 Å². The van der Waals surface area contributed by atoms with Gasteiger partial charge in [0.05, 0.1) is 23.8 Å². The summed E-state index contributed by atoms with van der Waals surface area (Å²) in [6.07, 6.45) is 11.0. The van der Waals surface area contributed by atoms with Crippen LogP contribution >= 0.6 is 0 Å². The van der Waals surface area contributed by atoms with E-state index in [0.717, 1.165) is 37.6 Å². The molecule has 0 bridgehead atoms. The number of nitrogens with one attached hydrogen (secondary N) is 2. The summed E-state index contributed by atoms with van der Waals surface area (Å²) in [5.41, 5.74) is 3.44. The van der Waals surface area contributed by atoms with E-state index in [2.05, 4.69) is 34.9 Å². The molecule has 0 saturated carbocycles. The Morgan fingerprint density at radius 3 is 2.44 bits per heavy atom. The smallest absolute Gasteiger partial charge is 0.150 e. The first-order valence-electron chi connectivity index (χ1n) is 6.58. The van der Waals surface area contributed by atoms with E-state index < -0.39 is 0 Å². The monoisotopic (exact) mass is 240 g/mol. The van der Waals surface area contributed by atoms with Crippen LogP contribution in [0.5, 0.6) is 0 Å². The Morgan fingerprint density at radius 2 is 1.67 bits per heavy atom. The minimum Gasteiger partial charge on any atom is -0.356 e. The van der Waals surface area contributed by atoms with Gasteiger partial charge in [0.25, 0.3) is 0 Å². The summed E-state index contributed by atoms with van der Waals surface area (Å²) in [7, 11) is 0. The predicted molar refractivity (Wildman–Crippen MR) is 70.0 cm³/mol. The molecule has 2 N–H and O–H groups in total. The molecular formula is C14H16N4. The molecular weight excluding hydrogens is 224 g/mol. The third kappa shape index (κ3) is 1.56. The number of fused-ring (bicyclic) bond motifs is 3. The Balaban J connectivity index is 1.75. The van der Waals surface area contributed by atoms with Gasteiger partial charge in [-0.1, -0.05) is 24.3 Å². The maximum absolute atomic E-state index is 4.80. The summed E-state index contributed by atoms with van der Waals surface area (Å²) in [5, 5.41) is 6.53. The largest absolute Gasteiger partial charge is 0.356 e. The third-order valence-electron chi connectivity index (χ3n) is 4.03. The van der Waals surface area contributed by atoms with E-state index in [1.807, 2.05) is 0 Å². The van der Waals surface area contributed by atoms with Crippen molar-refractivity contribution >= 4 is 5.82 Å². The van der Waals surface area contributed by atoms with Gasteiger partial charge in [0.15, 0.2) is 0 Å². The highest BCUT2D eigenvalue weighted by molar-refractivity contribution is 5.44. The summed E-state index contributed by atoms with van der Waals surface area (Å²) in [6, 6.07) is 0. The highest BCUT2D eigenvalue weighted by atomic mass is 15.2. The Morgan fingerprint density at radius 1 is 0.944 bits per heavy atom. The Labute approximate surface area is 106 Å². The fourth-order valence-corrected chi connectivity index (χ4v) is 3.05. The van der Waals surface area contributed by atoms with Crippen molar-refractivity contribution in [3.8, 4) is 0 Å². The Bertz CT molecular complexity index is 498. The number of hydrogen-bond acceptors (Lipinski definition) is 4.